The van der Waals surface area contributed by atoms with Gasteiger partial charge in [0.25, 0.3) is 0 Å². The SMILES string of the molecule is CCN1C(=O)[C@H]2[C@H](CC=C3[C@H]2C[C@H]2C(=O)N(c4ccccc4)C(=O)[C@@]2(C)[C@H]3c2cc(OC)c(O)c(OC)c2)C1=O. The molecule has 0 aromatic heterocycles. The number of carbonyl (C=O) groups excluding carboxylic acids is 4. The van der Waals surface area contributed by atoms with Crippen molar-refractivity contribution < 1.29 is 33.8 Å². The number of hydrogen-bond donors (Lipinski definition) is 1. The van der Waals surface area contributed by atoms with Gasteiger partial charge in [0, 0.05) is 12.5 Å². The molecule has 4 amide bonds. The molecule has 2 aromatic rings. The molecule has 0 bridgehead atoms. The molecule has 2 aliphatic carbocycles. The van der Waals surface area contributed by atoms with Crippen molar-refractivity contribution in [1.29, 1.82) is 0 Å². The number of carbonyl (C=O) groups is 4. The summed E-state index contributed by atoms with van der Waals surface area (Å²) in [7, 11) is 2.86. The Balaban J connectivity index is 1.57. The second-order valence-electron chi connectivity index (χ2n) is 11.2. The summed E-state index contributed by atoms with van der Waals surface area (Å²) in [6, 6.07) is 12.2. The van der Waals surface area contributed by atoms with Gasteiger partial charge in [-0.3, -0.25) is 24.1 Å². The maximum Gasteiger partial charge on any atom is 0.241 e. The highest BCUT2D eigenvalue weighted by Gasteiger charge is 2.67. The number of nitrogens with zero attached hydrogens (tertiary/aromatic N) is 2. The minimum atomic E-state index is -1.19. The van der Waals surface area contributed by atoms with Gasteiger partial charge >= 0.3 is 0 Å². The molecule has 0 radical (unpaired) electrons. The zero-order valence-electron chi connectivity index (χ0n) is 22.9. The van der Waals surface area contributed by atoms with E-state index in [-0.39, 0.29) is 47.3 Å². The summed E-state index contributed by atoms with van der Waals surface area (Å²) >= 11 is 0. The number of aromatic hydroxyl groups is 1. The number of phenols is 1. The number of methoxy groups -OCH3 is 2. The molecule has 2 aliphatic heterocycles. The van der Waals surface area contributed by atoms with E-state index in [0.29, 0.717) is 24.2 Å². The number of amides is 4. The largest absolute Gasteiger partial charge is 0.502 e. The number of benzene rings is 2. The predicted molar refractivity (Wildman–Crippen MR) is 145 cm³/mol. The fourth-order valence-electron chi connectivity index (χ4n) is 7.68. The Labute approximate surface area is 232 Å². The molecule has 40 heavy (non-hydrogen) atoms. The van der Waals surface area contributed by atoms with Crippen LogP contribution in [0.15, 0.2) is 54.1 Å². The van der Waals surface area contributed by atoms with E-state index in [0.717, 1.165) is 5.57 Å². The summed E-state index contributed by atoms with van der Waals surface area (Å²) in [4.78, 5) is 57.8. The van der Waals surface area contributed by atoms with Gasteiger partial charge in [-0.25, -0.2) is 4.90 Å². The van der Waals surface area contributed by atoms with E-state index in [9.17, 15) is 24.3 Å². The highest BCUT2D eigenvalue weighted by molar-refractivity contribution is 6.24. The number of rotatable bonds is 5. The molecule has 4 aliphatic rings. The lowest BCUT2D eigenvalue weighted by Gasteiger charge is -2.49. The van der Waals surface area contributed by atoms with Crippen LogP contribution < -0.4 is 14.4 Å². The Bertz CT molecular complexity index is 1440. The lowest BCUT2D eigenvalue weighted by atomic mass is 9.51. The van der Waals surface area contributed by atoms with Crippen molar-refractivity contribution in [1.82, 2.24) is 4.90 Å². The van der Waals surface area contributed by atoms with Crippen LogP contribution in [-0.4, -0.2) is 54.4 Å². The zero-order chi connectivity index (χ0) is 28.5. The normalized spacial score (nSPS) is 31.1. The first kappa shape index (κ1) is 26.1. The van der Waals surface area contributed by atoms with Crippen LogP contribution in [0.3, 0.4) is 0 Å². The van der Waals surface area contributed by atoms with Crippen LogP contribution in [0.25, 0.3) is 0 Å². The second-order valence-corrected chi connectivity index (χ2v) is 11.2. The van der Waals surface area contributed by atoms with Crippen molar-refractivity contribution in [2.75, 3.05) is 25.7 Å². The van der Waals surface area contributed by atoms with Crippen LogP contribution in [0.5, 0.6) is 17.2 Å². The molecule has 0 unspecified atom stereocenters. The molecule has 3 fully saturated rings. The van der Waals surface area contributed by atoms with E-state index in [1.807, 2.05) is 19.1 Å². The summed E-state index contributed by atoms with van der Waals surface area (Å²) in [5.74, 6) is -3.66. The molecule has 6 atom stereocenters. The molecule has 9 heteroatoms. The van der Waals surface area contributed by atoms with E-state index < -0.39 is 35.0 Å². The quantitative estimate of drug-likeness (QED) is 0.452. The molecule has 2 heterocycles. The second kappa shape index (κ2) is 9.21. The third-order valence-electron chi connectivity index (χ3n) is 9.53. The van der Waals surface area contributed by atoms with Gasteiger partial charge in [0.2, 0.25) is 29.4 Å². The van der Waals surface area contributed by atoms with Gasteiger partial charge < -0.3 is 14.6 Å². The Hall–Kier alpha value is -4.14. The minimum Gasteiger partial charge on any atom is -0.502 e. The Morgan fingerprint density at radius 3 is 2.20 bits per heavy atom. The van der Waals surface area contributed by atoms with Crippen molar-refractivity contribution in [3.8, 4) is 17.2 Å². The van der Waals surface area contributed by atoms with E-state index in [2.05, 4.69) is 0 Å². The van der Waals surface area contributed by atoms with Crippen LogP contribution in [-0.2, 0) is 19.2 Å². The summed E-state index contributed by atoms with van der Waals surface area (Å²) in [6.07, 6.45) is 2.67. The van der Waals surface area contributed by atoms with Gasteiger partial charge in [0.1, 0.15) is 0 Å². The standard InChI is InChI=1S/C31H32N2O7/c1-5-32-27(35)19-12-11-18-20(24(19)29(32)37)15-21-28(36)33(17-9-7-6-8-10-17)30(38)31(21,2)25(18)16-13-22(39-3)26(34)23(14-16)40-4/h6-11,13-14,19-21,24-25,34H,5,12,15H2,1-4H3/t19-,20+,21-,24-,25-,31+/m0/s1. The van der Waals surface area contributed by atoms with Crippen molar-refractivity contribution in [3.63, 3.8) is 0 Å². The molecule has 6 rings (SSSR count). The number of phenolic OH excluding ortho intramolecular Hbond substituents is 1. The summed E-state index contributed by atoms with van der Waals surface area (Å²) in [5, 5.41) is 10.6. The van der Waals surface area contributed by atoms with Crippen LogP contribution in [0.2, 0.25) is 0 Å². The zero-order valence-corrected chi connectivity index (χ0v) is 22.9. The van der Waals surface area contributed by atoms with Gasteiger partial charge in [-0.15, -0.1) is 0 Å². The predicted octanol–water partition coefficient (Wildman–Crippen LogP) is 3.66. The molecular formula is C31H32N2O7. The average molecular weight is 545 g/mol. The van der Waals surface area contributed by atoms with E-state index >= 15 is 0 Å². The molecular weight excluding hydrogens is 512 g/mol. The van der Waals surface area contributed by atoms with Gasteiger partial charge in [-0.05, 0) is 62.4 Å². The Morgan fingerprint density at radius 2 is 1.60 bits per heavy atom. The fraction of sp³-hybridized carbons (Fsp3) is 0.419. The maximum atomic E-state index is 14.4. The first-order valence-corrected chi connectivity index (χ1v) is 13.6. The van der Waals surface area contributed by atoms with E-state index in [4.69, 9.17) is 9.47 Å². The van der Waals surface area contributed by atoms with Crippen LogP contribution in [0.1, 0.15) is 38.2 Å². The van der Waals surface area contributed by atoms with Gasteiger partial charge in [-0.1, -0.05) is 29.8 Å². The molecule has 1 saturated carbocycles. The molecule has 1 N–H and O–H groups in total. The van der Waals surface area contributed by atoms with Crippen LogP contribution >= 0.6 is 0 Å². The maximum absolute atomic E-state index is 14.4. The summed E-state index contributed by atoms with van der Waals surface area (Å²) in [5.41, 5.74) is 0.802. The van der Waals surface area contributed by atoms with Crippen molar-refractivity contribution in [2.24, 2.45) is 29.1 Å². The van der Waals surface area contributed by atoms with Gasteiger partial charge in [-0.2, -0.15) is 0 Å². The molecule has 2 saturated heterocycles. The molecule has 0 spiro atoms. The molecule has 2 aromatic carbocycles. The highest BCUT2D eigenvalue weighted by atomic mass is 16.5. The third kappa shape index (κ3) is 3.33. The number of hydrogen-bond acceptors (Lipinski definition) is 7. The van der Waals surface area contributed by atoms with Crippen LogP contribution in [0.4, 0.5) is 5.69 Å². The number of para-hydroxylation sites is 1. The van der Waals surface area contributed by atoms with Gasteiger partial charge in [0.15, 0.2) is 11.5 Å². The lowest BCUT2D eigenvalue weighted by molar-refractivity contribution is -0.140. The number of allylic oxidation sites excluding steroid dienone is 2. The van der Waals surface area contributed by atoms with Crippen molar-refractivity contribution >= 4 is 29.3 Å². The Kier molecular flexibility index (Phi) is 6.01. The van der Waals surface area contributed by atoms with Gasteiger partial charge in [0.05, 0.1) is 43.1 Å². The number of likely N-dealkylation sites (tertiary alicyclic amines) is 1. The first-order valence-electron chi connectivity index (χ1n) is 13.6. The highest BCUT2D eigenvalue weighted by Crippen LogP contribution is 2.64. The monoisotopic (exact) mass is 544 g/mol. The third-order valence-corrected chi connectivity index (χ3v) is 9.53. The number of fused-ring (bicyclic) bond motifs is 4. The molecule has 9 nitrogen and oxygen atoms in total. The minimum absolute atomic E-state index is 0.171. The van der Waals surface area contributed by atoms with Crippen molar-refractivity contribution in [2.45, 2.75) is 32.6 Å². The number of ether oxygens (including phenoxy) is 2. The number of imide groups is 2. The van der Waals surface area contributed by atoms with Crippen LogP contribution in [0, 0.1) is 29.1 Å². The smallest absolute Gasteiger partial charge is 0.241 e. The molecule has 208 valence electrons. The topological polar surface area (TPSA) is 113 Å². The summed E-state index contributed by atoms with van der Waals surface area (Å²) < 4.78 is 10.9. The lowest BCUT2D eigenvalue weighted by Crippen LogP contribution is -2.48. The summed E-state index contributed by atoms with van der Waals surface area (Å²) in [6.45, 7) is 3.90. The van der Waals surface area contributed by atoms with E-state index in [1.54, 1.807) is 43.3 Å². The first-order chi connectivity index (χ1) is 19.2. The fourth-order valence-corrected chi connectivity index (χ4v) is 7.68. The van der Waals surface area contributed by atoms with E-state index in [1.165, 1.54) is 24.0 Å². The average Bonchev–Trinajstić information content (AvgIpc) is 3.32. The van der Waals surface area contributed by atoms with Crippen molar-refractivity contribution in [3.05, 3.63) is 59.7 Å². The number of anilines is 1. The Morgan fingerprint density at radius 1 is 0.950 bits per heavy atom.